The predicted molar refractivity (Wildman–Crippen MR) is 126 cm³/mol. The minimum atomic E-state index is -1.22. The minimum Gasteiger partial charge on any atom is -0.351 e. The Morgan fingerprint density at radius 2 is 1.63 bits per heavy atom. The molecule has 188 valence electrons. The van der Waals surface area contributed by atoms with Crippen molar-refractivity contribution in [3.8, 4) is 0 Å². The Morgan fingerprint density at radius 1 is 1.03 bits per heavy atom. The number of carbonyl (C=O) groups is 2. The summed E-state index contributed by atoms with van der Waals surface area (Å²) in [5, 5.41) is 2.88. The molecule has 2 aliphatic rings. The maximum atomic E-state index is 14.1. The number of halogens is 3. The fourth-order valence-corrected chi connectivity index (χ4v) is 5.46. The van der Waals surface area contributed by atoms with Crippen LogP contribution in [0.5, 0.6) is 0 Å². The van der Waals surface area contributed by atoms with Gasteiger partial charge in [0.25, 0.3) is 0 Å². The van der Waals surface area contributed by atoms with Gasteiger partial charge in [0.15, 0.2) is 11.6 Å². The molecule has 2 aromatic rings. The van der Waals surface area contributed by atoms with E-state index in [-0.39, 0.29) is 41.8 Å². The highest BCUT2D eigenvalue weighted by molar-refractivity contribution is 6.04. The second-order valence-corrected chi connectivity index (χ2v) is 10.3. The third kappa shape index (κ3) is 5.22. The highest BCUT2D eigenvalue weighted by Crippen LogP contribution is 2.42. The first-order chi connectivity index (χ1) is 16.6. The monoisotopic (exact) mass is 487 g/mol. The summed E-state index contributed by atoms with van der Waals surface area (Å²) in [6, 6.07) is 10.4. The zero-order chi connectivity index (χ0) is 25.3. The molecular weight excluding hydrogens is 455 g/mol. The Labute approximate surface area is 203 Å². The van der Waals surface area contributed by atoms with E-state index < -0.39 is 28.9 Å². The lowest BCUT2D eigenvalue weighted by molar-refractivity contribution is -0.152. The van der Waals surface area contributed by atoms with Crippen LogP contribution in [0.15, 0.2) is 42.5 Å². The molecule has 2 bridgehead atoms. The Hall–Kier alpha value is -2.87. The molecule has 0 spiro atoms. The molecule has 0 radical (unpaired) electrons. The standard InChI is InChI=1S/C27H32F3N3O2/c1-27(2,25(34)32-15-16-6-4-3-5-7-16)26(35)33-19-8-9-20(33)11-18(10-19)24(31)13-17-12-22(29)23(30)14-21(17)28/h3-7,12,14,18-20,24H,8-11,13,15,31H2,1-2H3,(H,32,34)/t18?,19?,20?,24-/m1/s1. The van der Waals surface area contributed by atoms with Gasteiger partial charge in [0, 0.05) is 30.7 Å². The molecule has 2 saturated heterocycles. The van der Waals surface area contributed by atoms with Crippen LogP contribution in [-0.4, -0.2) is 34.8 Å². The maximum absolute atomic E-state index is 14.1. The summed E-state index contributed by atoms with van der Waals surface area (Å²) >= 11 is 0. The lowest BCUT2D eigenvalue weighted by atomic mass is 9.81. The highest BCUT2D eigenvalue weighted by Gasteiger charge is 2.50. The molecule has 2 amide bonds. The van der Waals surface area contributed by atoms with Crippen LogP contribution < -0.4 is 11.1 Å². The zero-order valence-corrected chi connectivity index (χ0v) is 20.1. The van der Waals surface area contributed by atoms with Gasteiger partial charge in [0.05, 0.1) is 0 Å². The molecule has 8 heteroatoms. The van der Waals surface area contributed by atoms with Crippen molar-refractivity contribution in [3.05, 3.63) is 71.0 Å². The highest BCUT2D eigenvalue weighted by atomic mass is 19.2. The van der Waals surface area contributed by atoms with Crippen LogP contribution >= 0.6 is 0 Å². The smallest absolute Gasteiger partial charge is 0.238 e. The van der Waals surface area contributed by atoms with Gasteiger partial charge in [-0.3, -0.25) is 9.59 Å². The van der Waals surface area contributed by atoms with Crippen LogP contribution in [0.4, 0.5) is 13.2 Å². The summed E-state index contributed by atoms with van der Waals surface area (Å²) in [7, 11) is 0. The van der Waals surface area contributed by atoms with Gasteiger partial charge < -0.3 is 16.0 Å². The van der Waals surface area contributed by atoms with E-state index in [2.05, 4.69) is 5.32 Å². The topological polar surface area (TPSA) is 75.4 Å². The molecule has 2 aromatic carbocycles. The molecule has 3 N–H and O–H groups in total. The van der Waals surface area contributed by atoms with Gasteiger partial charge in [-0.1, -0.05) is 30.3 Å². The lowest BCUT2D eigenvalue weighted by Crippen LogP contribution is -2.56. The van der Waals surface area contributed by atoms with E-state index in [9.17, 15) is 22.8 Å². The van der Waals surface area contributed by atoms with Crippen molar-refractivity contribution in [2.45, 2.75) is 70.6 Å². The normalized spacial score (nSPS) is 22.7. The zero-order valence-electron chi connectivity index (χ0n) is 20.1. The second kappa shape index (κ2) is 10.0. The van der Waals surface area contributed by atoms with Crippen LogP contribution in [0, 0.1) is 28.8 Å². The van der Waals surface area contributed by atoms with E-state index in [0.717, 1.165) is 24.5 Å². The molecule has 0 aliphatic carbocycles. The molecule has 4 rings (SSSR count). The van der Waals surface area contributed by atoms with Crippen LogP contribution in [0.1, 0.15) is 50.7 Å². The molecule has 3 atom stereocenters. The van der Waals surface area contributed by atoms with Crippen molar-refractivity contribution in [2.75, 3.05) is 0 Å². The van der Waals surface area contributed by atoms with Crippen molar-refractivity contribution in [3.63, 3.8) is 0 Å². The van der Waals surface area contributed by atoms with Gasteiger partial charge in [-0.05, 0) is 69.1 Å². The molecule has 0 aromatic heterocycles. The number of carbonyl (C=O) groups excluding carboxylic acids is 2. The van der Waals surface area contributed by atoms with Crippen LogP contribution in [-0.2, 0) is 22.6 Å². The molecule has 2 fully saturated rings. The Balaban J connectivity index is 1.39. The summed E-state index contributed by atoms with van der Waals surface area (Å²) in [5.41, 5.74) is 6.18. The average molecular weight is 488 g/mol. The Kier molecular flexibility index (Phi) is 7.22. The summed E-state index contributed by atoms with van der Waals surface area (Å²) in [6.07, 6.45) is 3.00. The molecule has 2 aliphatic heterocycles. The first-order valence-electron chi connectivity index (χ1n) is 12.1. The number of nitrogens with zero attached hydrogens (tertiary/aromatic N) is 1. The van der Waals surface area contributed by atoms with E-state index in [1.807, 2.05) is 35.2 Å². The largest absolute Gasteiger partial charge is 0.351 e. The first-order valence-corrected chi connectivity index (χ1v) is 12.1. The molecule has 2 heterocycles. The number of amides is 2. The van der Waals surface area contributed by atoms with Gasteiger partial charge >= 0.3 is 0 Å². The maximum Gasteiger partial charge on any atom is 0.238 e. The van der Waals surface area contributed by atoms with Gasteiger partial charge in [0.2, 0.25) is 11.8 Å². The molecule has 5 nitrogen and oxygen atoms in total. The first kappa shape index (κ1) is 25.2. The number of fused-ring (bicyclic) bond motifs is 2. The van der Waals surface area contributed by atoms with Gasteiger partial charge in [0.1, 0.15) is 11.2 Å². The Morgan fingerprint density at radius 3 is 2.26 bits per heavy atom. The Bertz CT molecular complexity index is 1080. The lowest BCUT2D eigenvalue weighted by Gasteiger charge is -2.43. The van der Waals surface area contributed by atoms with Crippen molar-refractivity contribution in [1.82, 2.24) is 10.2 Å². The molecule has 2 unspecified atom stereocenters. The number of piperidine rings is 1. The number of rotatable bonds is 7. The van der Waals surface area contributed by atoms with E-state index in [4.69, 9.17) is 5.73 Å². The number of hydrogen-bond acceptors (Lipinski definition) is 3. The quantitative estimate of drug-likeness (QED) is 0.456. The third-order valence-corrected chi connectivity index (χ3v) is 7.55. The van der Waals surface area contributed by atoms with Crippen molar-refractivity contribution >= 4 is 11.8 Å². The van der Waals surface area contributed by atoms with Gasteiger partial charge in [-0.25, -0.2) is 13.2 Å². The van der Waals surface area contributed by atoms with E-state index in [0.29, 0.717) is 25.5 Å². The molecule has 35 heavy (non-hydrogen) atoms. The predicted octanol–water partition coefficient (Wildman–Crippen LogP) is 4.09. The van der Waals surface area contributed by atoms with Gasteiger partial charge in [-0.15, -0.1) is 0 Å². The van der Waals surface area contributed by atoms with Crippen LogP contribution in [0.25, 0.3) is 0 Å². The summed E-state index contributed by atoms with van der Waals surface area (Å²) in [4.78, 5) is 28.3. The van der Waals surface area contributed by atoms with Crippen molar-refractivity contribution < 1.29 is 22.8 Å². The van der Waals surface area contributed by atoms with Crippen LogP contribution in [0.3, 0.4) is 0 Å². The SMILES string of the molecule is CC(C)(C(=O)NCc1ccccc1)C(=O)N1C2CCC1CC([C@H](N)Cc1cc(F)c(F)cc1F)C2. The van der Waals surface area contributed by atoms with E-state index in [1.165, 1.54) is 0 Å². The average Bonchev–Trinajstić information content (AvgIpc) is 3.09. The fourth-order valence-electron chi connectivity index (χ4n) is 5.46. The number of benzene rings is 2. The second-order valence-electron chi connectivity index (χ2n) is 10.3. The third-order valence-electron chi connectivity index (χ3n) is 7.55. The number of nitrogens with one attached hydrogen (secondary N) is 1. The van der Waals surface area contributed by atoms with Crippen molar-refractivity contribution in [2.24, 2.45) is 17.1 Å². The van der Waals surface area contributed by atoms with Crippen LogP contribution in [0.2, 0.25) is 0 Å². The summed E-state index contributed by atoms with van der Waals surface area (Å²) in [5.74, 6) is -3.63. The fraction of sp³-hybridized carbons (Fsp3) is 0.481. The van der Waals surface area contributed by atoms with E-state index >= 15 is 0 Å². The van der Waals surface area contributed by atoms with Gasteiger partial charge in [-0.2, -0.15) is 0 Å². The molecule has 0 saturated carbocycles. The minimum absolute atomic E-state index is 0.0130. The summed E-state index contributed by atoms with van der Waals surface area (Å²) in [6.45, 7) is 3.65. The molecular formula is C27H32F3N3O2. The van der Waals surface area contributed by atoms with Crippen molar-refractivity contribution in [1.29, 1.82) is 0 Å². The van der Waals surface area contributed by atoms with E-state index in [1.54, 1.807) is 13.8 Å². The summed E-state index contributed by atoms with van der Waals surface area (Å²) < 4.78 is 41.0. The number of nitrogens with two attached hydrogens (primary N) is 1. The number of hydrogen-bond donors (Lipinski definition) is 2.